The largest absolute Gasteiger partial charge is 0.384 e. The standard InChI is InChI=1S/C12H19N3O2S/c1-9-3-4-10(2)15(8-9)18(16,17)11-5-6-12(13)14-7-11/h5-7,9-10H,3-4,8H2,1-2H3,(H2,13,14). The van der Waals surface area contributed by atoms with Crippen molar-refractivity contribution in [2.24, 2.45) is 5.92 Å². The van der Waals surface area contributed by atoms with Crippen LogP contribution in [0.4, 0.5) is 5.82 Å². The summed E-state index contributed by atoms with van der Waals surface area (Å²) in [5.74, 6) is 0.728. The van der Waals surface area contributed by atoms with Gasteiger partial charge in [0.15, 0.2) is 0 Å². The first-order valence-electron chi connectivity index (χ1n) is 6.14. The summed E-state index contributed by atoms with van der Waals surface area (Å²) in [6.45, 7) is 4.61. The van der Waals surface area contributed by atoms with Gasteiger partial charge in [-0.2, -0.15) is 4.31 Å². The molecule has 0 saturated carbocycles. The van der Waals surface area contributed by atoms with Gasteiger partial charge < -0.3 is 5.73 Å². The van der Waals surface area contributed by atoms with Crippen molar-refractivity contribution in [2.45, 2.75) is 37.6 Å². The molecule has 2 unspecified atom stereocenters. The molecule has 5 nitrogen and oxygen atoms in total. The van der Waals surface area contributed by atoms with Gasteiger partial charge >= 0.3 is 0 Å². The Morgan fingerprint density at radius 1 is 1.33 bits per heavy atom. The lowest BCUT2D eigenvalue weighted by molar-refractivity contribution is 0.218. The Morgan fingerprint density at radius 2 is 2.06 bits per heavy atom. The second-order valence-electron chi connectivity index (χ2n) is 5.03. The van der Waals surface area contributed by atoms with Gasteiger partial charge in [0.2, 0.25) is 10.0 Å². The number of nitrogens with two attached hydrogens (primary N) is 1. The zero-order valence-electron chi connectivity index (χ0n) is 10.7. The van der Waals surface area contributed by atoms with E-state index < -0.39 is 10.0 Å². The second kappa shape index (κ2) is 4.85. The molecular weight excluding hydrogens is 250 g/mol. The first kappa shape index (κ1) is 13.3. The summed E-state index contributed by atoms with van der Waals surface area (Å²) in [6, 6.07) is 3.08. The molecule has 0 aromatic carbocycles. The van der Waals surface area contributed by atoms with Crippen molar-refractivity contribution in [2.75, 3.05) is 12.3 Å². The molecule has 0 bridgehead atoms. The van der Waals surface area contributed by atoms with Crippen LogP contribution in [-0.2, 0) is 10.0 Å². The van der Waals surface area contributed by atoms with Gasteiger partial charge in [-0.15, -0.1) is 0 Å². The second-order valence-corrected chi connectivity index (χ2v) is 6.92. The summed E-state index contributed by atoms with van der Waals surface area (Å²) in [6.07, 6.45) is 3.31. The molecule has 18 heavy (non-hydrogen) atoms. The van der Waals surface area contributed by atoms with Crippen LogP contribution in [0.15, 0.2) is 23.2 Å². The smallest absolute Gasteiger partial charge is 0.244 e. The maximum atomic E-state index is 12.5. The van der Waals surface area contributed by atoms with Crippen molar-refractivity contribution < 1.29 is 8.42 Å². The van der Waals surface area contributed by atoms with E-state index >= 15 is 0 Å². The zero-order valence-corrected chi connectivity index (χ0v) is 11.5. The Hall–Kier alpha value is -1.14. The van der Waals surface area contributed by atoms with E-state index in [1.807, 2.05) is 6.92 Å². The number of hydrogen-bond acceptors (Lipinski definition) is 4. The molecule has 2 heterocycles. The molecule has 1 aromatic heterocycles. The average Bonchev–Trinajstić information content (AvgIpc) is 2.32. The lowest BCUT2D eigenvalue weighted by Crippen LogP contribution is -2.44. The van der Waals surface area contributed by atoms with Gasteiger partial charge in [0.05, 0.1) is 0 Å². The van der Waals surface area contributed by atoms with Crippen LogP contribution in [0.2, 0.25) is 0 Å². The first-order valence-corrected chi connectivity index (χ1v) is 7.58. The number of sulfonamides is 1. The predicted octanol–water partition coefficient (Wildman–Crippen LogP) is 1.47. The minimum absolute atomic E-state index is 0.0451. The fourth-order valence-electron chi connectivity index (χ4n) is 2.26. The van der Waals surface area contributed by atoms with Crippen LogP contribution >= 0.6 is 0 Å². The van der Waals surface area contributed by atoms with Crippen LogP contribution in [-0.4, -0.2) is 30.3 Å². The van der Waals surface area contributed by atoms with E-state index in [1.165, 1.54) is 18.3 Å². The fourth-order valence-corrected chi connectivity index (χ4v) is 3.99. The maximum Gasteiger partial charge on any atom is 0.244 e. The summed E-state index contributed by atoms with van der Waals surface area (Å²) < 4.78 is 26.6. The number of aromatic nitrogens is 1. The number of piperidine rings is 1. The molecule has 2 N–H and O–H groups in total. The summed E-state index contributed by atoms with van der Waals surface area (Å²) in [5, 5.41) is 0. The van der Waals surface area contributed by atoms with E-state index in [0.29, 0.717) is 18.3 Å². The molecule has 2 atom stereocenters. The van der Waals surface area contributed by atoms with E-state index in [4.69, 9.17) is 5.73 Å². The third-order valence-corrected chi connectivity index (χ3v) is 5.39. The average molecular weight is 269 g/mol. The van der Waals surface area contributed by atoms with Crippen molar-refractivity contribution in [1.82, 2.24) is 9.29 Å². The summed E-state index contributed by atoms with van der Waals surface area (Å²) >= 11 is 0. The van der Waals surface area contributed by atoms with Crippen LogP contribution in [0.3, 0.4) is 0 Å². The Kier molecular flexibility index (Phi) is 3.59. The summed E-state index contributed by atoms with van der Waals surface area (Å²) in [4.78, 5) is 4.08. The Balaban J connectivity index is 2.32. The van der Waals surface area contributed by atoms with Crippen molar-refractivity contribution in [3.8, 4) is 0 Å². The van der Waals surface area contributed by atoms with E-state index in [0.717, 1.165) is 12.8 Å². The zero-order chi connectivity index (χ0) is 13.3. The van der Waals surface area contributed by atoms with Crippen LogP contribution in [0.5, 0.6) is 0 Å². The third kappa shape index (κ3) is 2.49. The van der Waals surface area contributed by atoms with Crippen LogP contribution in [0.1, 0.15) is 26.7 Å². The predicted molar refractivity (Wildman–Crippen MR) is 70.4 cm³/mol. The molecule has 2 rings (SSSR count). The number of anilines is 1. The maximum absolute atomic E-state index is 12.5. The third-order valence-electron chi connectivity index (χ3n) is 3.43. The van der Waals surface area contributed by atoms with Crippen LogP contribution < -0.4 is 5.73 Å². The number of pyridine rings is 1. The highest BCUT2D eigenvalue weighted by Gasteiger charge is 2.33. The molecule has 0 aliphatic carbocycles. The molecule has 1 aliphatic rings. The van der Waals surface area contributed by atoms with E-state index in [2.05, 4.69) is 11.9 Å². The van der Waals surface area contributed by atoms with Gasteiger partial charge in [-0.1, -0.05) is 6.92 Å². The molecule has 1 aliphatic heterocycles. The first-order chi connectivity index (χ1) is 8.41. The Morgan fingerprint density at radius 3 is 2.67 bits per heavy atom. The molecule has 100 valence electrons. The van der Waals surface area contributed by atoms with Crippen molar-refractivity contribution in [3.63, 3.8) is 0 Å². The molecule has 1 fully saturated rings. The SMILES string of the molecule is CC1CCC(C)N(S(=O)(=O)c2ccc(N)nc2)C1. The molecule has 1 saturated heterocycles. The highest BCUT2D eigenvalue weighted by molar-refractivity contribution is 7.89. The van der Waals surface area contributed by atoms with Gasteiger partial charge in [-0.3, -0.25) is 0 Å². The monoisotopic (exact) mass is 269 g/mol. The van der Waals surface area contributed by atoms with Crippen LogP contribution in [0, 0.1) is 5.92 Å². The van der Waals surface area contributed by atoms with Crippen LogP contribution in [0.25, 0.3) is 0 Å². The molecule has 0 radical (unpaired) electrons. The summed E-state index contributed by atoms with van der Waals surface area (Å²) in [5.41, 5.74) is 5.48. The van der Waals surface area contributed by atoms with Gasteiger partial charge in [-0.25, -0.2) is 13.4 Å². The minimum Gasteiger partial charge on any atom is -0.384 e. The van der Waals surface area contributed by atoms with Crippen molar-refractivity contribution in [1.29, 1.82) is 0 Å². The number of nitrogens with zero attached hydrogens (tertiary/aromatic N) is 2. The van der Waals surface area contributed by atoms with E-state index in [-0.39, 0.29) is 10.9 Å². The number of hydrogen-bond donors (Lipinski definition) is 1. The van der Waals surface area contributed by atoms with Crippen molar-refractivity contribution >= 4 is 15.8 Å². The minimum atomic E-state index is -3.45. The summed E-state index contributed by atoms with van der Waals surface area (Å²) in [7, 11) is -3.45. The lowest BCUT2D eigenvalue weighted by Gasteiger charge is -2.35. The molecule has 1 aromatic rings. The normalized spacial score (nSPS) is 26.1. The van der Waals surface area contributed by atoms with Crippen molar-refractivity contribution in [3.05, 3.63) is 18.3 Å². The van der Waals surface area contributed by atoms with E-state index in [9.17, 15) is 8.42 Å². The van der Waals surface area contributed by atoms with Gasteiger partial charge in [0, 0.05) is 18.8 Å². The quantitative estimate of drug-likeness (QED) is 0.882. The Bertz CT molecular complexity index is 513. The Labute approximate surface area is 108 Å². The lowest BCUT2D eigenvalue weighted by atomic mass is 9.97. The fraction of sp³-hybridized carbons (Fsp3) is 0.583. The molecular formula is C12H19N3O2S. The number of nitrogen functional groups attached to an aromatic ring is 1. The van der Waals surface area contributed by atoms with Gasteiger partial charge in [0.25, 0.3) is 0 Å². The molecule has 0 spiro atoms. The highest BCUT2D eigenvalue weighted by atomic mass is 32.2. The highest BCUT2D eigenvalue weighted by Crippen LogP contribution is 2.27. The number of rotatable bonds is 2. The van der Waals surface area contributed by atoms with E-state index in [1.54, 1.807) is 4.31 Å². The van der Waals surface area contributed by atoms with Gasteiger partial charge in [-0.05, 0) is 37.8 Å². The topological polar surface area (TPSA) is 76.3 Å². The van der Waals surface area contributed by atoms with Gasteiger partial charge in [0.1, 0.15) is 10.7 Å². The molecule has 6 heteroatoms. The molecule has 0 amide bonds.